The predicted octanol–water partition coefficient (Wildman–Crippen LogP) is 4.85. The zero-order valence-electron chi connectivity index (χ0n) is 20.7. The predicted molar refractivity (Wildman–Crippen MR) is 137 cm³/mol. The third kappa shape index (κ3) is 5.09. The molecular weight excluding hydrogens is 478 g/mol. The van der Waals surface area contributed by atoms with Gasteiger partial charge in [-0.15, -0.1) is 0 Å². The third-order valence-corrected chi connectivity index (χ3v) is 8.19. The molecule has 0 aliphatic carbocycles. The number of carbonyl (C=O) groups is 1. The van der Waals surface area contributed by atoms with E-state index in [0.717, 1.165) is 11.1 Å². The molecule has 0 saturated carbocycles. The van der Waals surface area contributed by atoms with Gasteiger partial charge in [0.1, 0.15) is 5.75 Å². The Morgan fingerprint density at radius 2 is 1.53 bits per heavy atom. The van der Waals surface area contributed by atoms with Crippen molar-refractivity contribution >= 4 is 15.7 Å². The second-order valence-electron chi connectivity index (χ2n) is 8.59. The number of hydrogen-bond acceptors (Lipinski definition) is 6. The summed E-state index contributed by atoms with van der Waals surface area (Å²) in [6.07, 6.45) is 1.48. The first-order chi connectivity index (χ1) is 17.3. The van der Waals surface area contributed by atoms with Crippen LogP contribution in [0, 0.1) is 6.92 Å². The van der Waals surface area contributed by atoms with Crippen molar-refractivity contribution in [2.45, 2.75) is 30.7 Å². The first-order valence-electron chi connectivity index (χ1n) is 11.4. The summed E-state index contributed by atoms with van der Waals surface area (Å²) < 4.78 is 43.7. The Balaban J connectivity index is 1.80. The molecule has 1 unspecified atom stereocenters. The molecule has 4 rings (SSSR count). The number of benzene rings is 3. The van der Waals surface area contributed by atoms with Crippen LogP contribution in [0.25, 0.3) is 0 Å². The average Bonchev–Trinajstić information content (AvgIpc) is 2.89. The largest absolute Gasteiger partial charge is 0.497 e. The quantitative estimate of drug-likeness (QED) is 0.433. The monoisotopic (exact) mass is 507 g/mol. The number of methoxy groups -OCH3 is 3. The van der Waals surface area contributed by atoms with Gasteiger partial charge in [-0.2, -0.15) is 0 Å². The number of aryl methyl sites for hydroxylation is 1. The second kappa shape index (κ2) is 10.5. The summed E-state index contributed by atoms with van der Waals surface area (Å²) in [6, 6.07) is 19.3. The van der Waals surface area contributed by atoms with Gasteiger partial charge in [0.2, 0.25) is 15.7 Å². The number of ether oxygens (including phenoxy) is 3. The van der Waals surface area contributed by atoms with Gasteiger partial charge >= 0.3 is 0 Å². The second-order valence-corrected chi connectivity index (χ2v) is 10.5. The molecule has 0 fully saturated rings. The molecule has 3 aromatic carbocycles. The Morgan fingerprint density at radius 3 is 2.14 bits per heavy atom. The Bertz CT molecular complexity index is 1380. The SMILES string of the molecule is COc1ccc(CN2C=C(S(=O)(=O)c3ccc(C)cc3)C(c3ccc(OC)c(OC)c3)CC2=O)cc1. The van der Waals surface area contributed by atoms with E-state index in [2.05, 4.69) is 0 Å². The van der Waals surface area contributed by atoms with Crippen LogP contribution >= 0.6 is 0 Å². The highest BCUT2D eigenvalue weighted by Gasteiger charge is 2.37. The van der Waals surface area contributed by atoms with Crippen LogP contribution in [0.1, 0.15) is 29.0 Å². The van der Waals surface area contributed by atoms with E-state index >= 15 is 0 Å². The van der Waals surface area contributed by atoms with E-state index in [-0.39, 0.29) is 28.7 Å². The maximum atomic E-state index is 13.9. The molecule has 8 heteroatoms. The molecule has 0 aromatic heterocycles. The first-order valence-corrected chi connectivity index (χ1v) is 12.9. The summed E-state index contributed by atoms with van der Waals surface area (Å²) in [5, 5.41) is 0. The minimum atomic E-state index is -3.90. The van der Waals surface area contributed by atoms with Crippen LogP contribution in [0.2, 0.25) is 0 Å². The molecule has 1 aliphatic rings. The van der Waals surface area contributed by atoms with Crippen molar-refractivity contribution < 1.29 is 27.4 Å². The lowest BCUT2D eigenvalue weighted by atomic mass is 9.92. The van der Waals surface area contributed by atoms with E-state index in [0.29, 0.717) is 22.8 Å². The third-order valence-electron chi connectivity index (χ3n) is 6.29. The Labute approximate surface area is 211 Å². The van der Waals surface area contributed by atoms with Crippen molar-refractivity contribution in [2.24, 2.45) is 0 Å². The van der Waals surface area contributed by atoms with E-state index in [4.69, 9.17) is 14.2 Å². The summed E-state index contributed by atoms with van der Waals surface area (Å²) in [4.78, 5) is 15.1. The van der Waals surface area contributed by atoms with Gasteiger partial charge < -0.3 is 19.1 Å². The molecule has 0 saturated heterocycles. The van der Waals surface area contributed by atoms with E-state index < -0.39 is 15.8 Å². The zero-order chi connectivity index (χ0) is 25.9. The molecule has 0 spiro atoms. The molecule has 36 heavy (non-hydrogen) atoms. The van der Waals surface area contributed by atoms with Crippen molar-refractivity contribution in [3.63, 3.8) is 0 Å². The molecule has 0 bridgehead atoms. The van der Waals surface area contributed by atoms with E-state index in [1.807, 2.05) is 31.2 Å². The lowest BCUT2D eigenvalue weighted by Crippen LogP contribution is -2.34. The summed E-state index contributed by atoms with van der Waals surface area (Å²) in [6.45, 7) is 2.15. The molecule has 1 heterocycles. The normalized spacial score (nSPS) is 15.9. The topological polar surface area (TPSA) is 82.1 Å². The van der Waals surface area contributed by atoms with Crippen LogP contribution in [0.5, 0.6) is 17.2 Å². The van der Waals surface area contributed by atoms with Crippen LogP contribution < -0.4 is 14.2 Å². The average molecular weight is 508 g/mol. The summed E-state index contributed by atoms with van der Waals surface area (Å²) in [5.74, 6) is 0.853. The number of sulfone groups is 1. The fourth-order valence-corrected chi connectivity index (χ4v) is 5.86. The van der Waals surface area contributed by atoms with Crippen molar-refractivity contribution in [2.75, 3.05) is 21.3 Å². The van der Waals surface area contributed by atoms with Gasteiger partial charge in [0.25, 0.3) is 0 Å². The van der Waals surface area contributed by atoms with E-state index in [1.165, 1.54) is 25.3 Å². The van der Waals surface area contributed by atoms with Crippen molar-refractivity contribution in [3.8, 4) is 17.2 Å². The zero-order valence-corrected chi connectivity index (χ0v) is 21.5. The lowest BCUT2D eigenvalue weighted by Gasteiger charge is -2.31. The fraction of sp³-hybridized carbons (Fsp3) is 0.250. The highest BCUT2D eigenvalue weighted by molar-refractivity contribution is 7.95. The highest BCUT2D eigenvalue weighted by Crippen LogP contribution is 2.41. The van der Waals surface area contributed by atoms with Gasteiger partial charge in [0, 0.05) is 18.5 Å². The first kappa shape index (κ1) is 25.3. The molecule has 188 valence electrons. The molecule has 1 aliphatic heterocycles. The number of nitrogens with zero attached hydrogens (tertiary/aromatic N) is 1. The molecule has 3 aromatic rings. The number of allylic oxidation sites excluding steroid dienone is 1. The van der Waals surface area contributed by atoms with Crippen LogP contribution in [0.15, 0.2) is 82.7 Å². The minimum absolute atomic E-state index is 0.00254. The maximum Gasteiger partial charge on any atom is 0.227 e. The van der Waals surface area contributed by atoms with Crippen molar-refractivity contribution in [1.29, 1.82) is 0 Å². The highest BCUT2D eigenvalue weighted by atomic mass is 32.2. The summed E-state index contributed by atoms with van der Waals surface area (Å²) >= 11 is 0. The summed E-state index contributed by atoms with van der Waals surface area (Å²) in [7, 11) is 0.742. The number of rotatable bonds is 8. The maximum absolute atomic E-state index is 13.9. The summed E-state index contributed by atoms with van der Waals surface area (Å²) in [5.41, 5.74) is 2.48. The van der Waals surface area contributed by atoms with Crippen LogP contribution in [0.3, 0.4) is 0 Å². The molecule has 7 nitrogen and oxygen atoms in total. The number of amides is 1. The molecular formula is C28H29NO6S. The van der Waals surface area contributed by atoms with Gasteiger partial charge in [-0.3, -0.25) is 4.79 Å². The van der Waals surface area contributed by atoms with Gasteiger partial charge in [0.05, 0.1) is 37.7 Å². The van der Waals surface area contributed by atoms with Crippen molar-refractivity contribution in [3.05, 3.63) is 94.5 Å². The van der Waals surface area contributed by atoms with Gasteiger partial charge in [-0.05, 0) is 54.4 Å². The van der Waals surface area contributed by atoms with Gasteiger partial charge in [-0.25, -0.2) is 8.42 Å². The van der Waals surface area contributed by atoms with Gasteiger partial charge in [0.15, 0.2) is 11.5 Å². The molecule has 0 N–H and O–H groups in total. The number of carbonyl (C=O) groups excluding carboxylic acids is 1. The Morgan fingerprint density at radius 1 is 0.861 bits per heavy atom. The van der Waals surface area contributed by atoms with Crippen molar-refractivity contribution in [1.82, 2.24) is 4.90 Å². The van der Waals surface area contributed by atoms with E-state index in [9.17, 15) is 13.2 Å². The van der Waals surface area contributed by atoms with E-state index in [1.54, 1.807) is 49.6 Å². The Kier molecular flexibility index (Phi) is 7.35. The standard InChI is InChI=1S/C28H29NO6S/c1-19-5-12-23(13-6-19)36(31,32)27-18-29(17-20-7-10-22(33-2)11-8-20)28(30)16-24(27)21-9-14-25(34-3)26(15-21)35-4/h5-15,18,24H,16-17H2,1-4H3. The smallest absolute Gasteiger partial charge is 0.227 e. The molecule has 0 radical (unpaired) electrons. The van der Waals surface area contributed by atoms with Crippen LogP contribution in [0.4, 0.5) is 0 Å². The van der Waals surface area contributed by atoms with Crippen LogP contribution in [-0.4, -0.2) is 40.6 Å². The van der Waals surface area contributed by atoms with Crippen LogP contribution in [-0.2, 0) is 21.2 Å². The number of hydrogen-bond donors (Lipinski definition) is 0. The Hall–Kier alpha value is -3.78. The minimum Gasteiger partial charge on any atom is -0.497 e. The molecule has 1 atom stereocenters. The molecule has 1 amide bonds. The lowest BCUT2D eigenvalue weighted by molar-refractivity contribution is -0.130. The fourth-order valence-electron chi connectivity index (χ4n) is 4.23. The van der Waals surface area contributed by atoms with Gasteiger partial charge in [-0.1, -0.05) is 35.9 Å².